The molecule has 0 radical (unpaired) electrons. The Morgan fingerprint density at radius 1 is 0.362 bits per heavy atom. The Labute approximate surface area is 270 Å². The number of rotatable bonds is 5. The van der Waals surface area contributed by atoms with Gasteiger partial charge in [0.25, 0.3) is 0 Å². The molecule has 0 atom stereocenters. The topological polar surface area (TPSA) is 64.7 Å². The highest BCUT2D eigenvalue weighted by molar-refractivity contribution is 6.11. The molecule has 0 aliphatic rings. The smallest absolute Gasteiger partial charge is 0.227 e. The highest BCUT2D eigenvalue weighted by Gasteiger charge is 2.18. The van der Waals surface area contributed by atoms with Crippen LogP contribution in [-0.4, -0.2) is 19.9 Å². The van der Waals surface area contributed by atoms with E-state index in [0.717, 1.165) is 66.0 Å². The Morgan fingerprint density at radius 2 is 0.936 bits per heavy atom. The van der Waals surface area contributed by atoms with Crippen molar-refractivity contribution in [3.63, 3.8) is 0 Å². The van der Waals surface area contributed by atoms with Crippen molar-refractivity contribution in [3.8, 4) is 56.7 Å². The van der Waals surface area contributed by atoms with E-state index >= 15 is 0 Å². The van der Waals surface area contributed by atoms with E-state index in [9.17, 15) is 0 Å². The molecule has 0 fully saturated rings. The van der Waals surface area contributed by atoms with E-state index in [2.05, 4.69) is 84.9 Å². The Bertz CT molecular complexity index is 2570. The summed E-state index contributed by atoms with van der Waals surface area (Å²) in [4.78, 5) is 20.0. The molecular formula is C42H26N4O. The Balaban J connectivity index is 1.23. The van der Waals surface area contributed by atoms with Crippen LogP contribution in [0.2, 0.25) is 0 Å². The largest absolute Gasteiger partial charge is 0.435 e. The van der Waals surface area contributed by atoms with Gasteiger partial charge in [-0.25, -0.2) is 19.9 Å². The molecule has 9 rings (SSSR count). The summed E-state index contributed by atoms with van der Waals surface area (Å²) < 4.78 is 6.35. The zero-order valence-corrected chi connectivity index (χ0v) is 25.2. The third-order valence-electron chi connectivity index (χ3n) is 8.55. The summed E-state index contributed by atoms with van der Waals surface area (Å²) in [5.74, 6) is 2.49. The number of fused-ring (bicyclic) bond motifs is 4. The maximum atomic E-state index is 6.35. The van der Waals surface area contributed by atoms with E-state index < -0.39 is 0 Å². The van der Waals surface area contributed by atoms with Crippen molar-refractivity contribution in [3.05, 3.63) is 158 Å². The number of hydrogen-bond donors (Lipinski definition) is 0. The molecule has 0 aliphatic carbocycles. The zero-order chi connectivity index (χ0) is 31.2. The quantitative estimate of drug-likeness (QED) is 0.196. The summed E-state index contributed by atoms with van der Waals surface area (Å²) in [6.45, 7) is 0. The SMILES string of the molecule is c1ccc(-c2nc(-c3cccc(-c4cc5nc(-c6ccccc6)oc5c5ccccc45)c3)nc(-c3cccc4ccccc34)n2)cc1. The maximum absolute atomic E-state index is 6.35. The first-order valence-electron chi connectivity index (χ1n) is 15.6. The molecule has 47 heavy (non-hydrogen) atoms. The molecule has 0 saturated carbocycles. The van der Waals surface area contributed by atoms with E-state index in [-0.39, 0.29) is 0 Å². The fourth-order valence-corrected chi connectivity index (χ4v) is 6.28. The molecule has 0 unspecified atom stereocenters. The van der Waals surface area contributed by atoms with Gasteiger partial charge in [0.05, 0.1) is 0 Å². The van der Waals surface area contributed by atoms with Gasteiger partial charge < -0.3 is 4.42 Å². The van der Waals surface area contributed by atoms with Gasteiger partial charge in [-0.2, -0.15) is 0 Å². The van der Waals surface area contributed by atoms with Gasteiger partial charge in [-0.15, -0.1) is 0 Å². The van der Waals surface area contributed by atoms with E-state index in [0.29, 0.717) is 23.4 Å². The van der Waals surface area contributed by atoms with Gasteiger partial charge in [0.2, 0.25) is 5.89 Å². The monoisotopic (exact) mass is 602 g/mol. The number of hydrogen-bond acceptors (Lipinski definition) is 5. The minimum atomic E-state index is 0.608. The first kappa shape index (κ1) is 26.9. The standard InChI is InChI=1S/C42H26N4O/c1-3-14-28(15-4-1)39-44-40(46-41(45-39)35-24-12-18-27-13-7-8-21-32(27)35)31-20-11-19-30(25-31)36-26-37-38(34-23-10-9-22-33(34)36)47-42(43-37)29-16-5-2-6-17-29/h1-26H. The minimum absolute atomic E-state index is 0.608. The van der Waals surface area contributed by atoms with Crippen LogP contribution in [0.4, 0.5) is 0 Å². The summed E-state index contributed by atoms with van der Waals surface area (Å²) >= 11 is 0. The first-order valence-corrected chi connectivity index (χ1v) is 15.6. The molecule has 5 heteroatoms. The number of oxazole rings is 1. The van der Waals surface area contributed by atoms with Crippen LogP contribution < -0.4 is 0 Å². The van der Waals surface area contributed by atoms with Gasteiger partial charge in [-0.3, -0.25) is 0 Å². The van der Waals surface area contributed by atoms with E-state index in [1.807, 2.05) is 72.8 Å². The maximum Gasteiger partial charge on any atom is 0.227 e. The molecule has 0 spiro atoms. The number of aromatic nitrogens is 4. The van der Waals surface area contributed by atoms with Crippen LogP contribution in [-0.2, 0) is 0 Å². The van der Waals surface area contributed by atoms with Crippen molar-refractivity contribution >= 4 is 32.6 Å². The molecule has 2 heterocycles. The second kappa shape index (κ2) is 11.2. The normalized spacial score (nSPS) is 11.4. The van der Waals surface area contributed by atoms with Crippen molar-refractivity contribution < 1.29 is 4.42 Å². The second-order valence-electron chi connectivity index (χ2n) is 11.5. The number of benzene rings is 7. The molecule has 2 aromatic heterocycles. The lowest BCUT2D eigenvalue weighted by molar-refractivity contribution is 0.623. The summed E-state index contributed by atoms with van der Waals surface area (Å²) in [6.07, 6.45) is 0. The van der Waals surface area contributed by atoms with Crippen molar-refractivity contribution in [1.82, 2.24) is 19.9 Å². The summed E-state index contributed by atoms with van der Waals surface area (Å²) in [5.41, 5.74) is 7.45. The average Bonchev–Trinajstić information content (AvgIpc) is 3.60. The molecular weight excluding hydrogens is 576 g/mol. The summed E-state index contributed by atoms with van der Waals surface area (Å²) in [7, 11) is 0. The Morgan fingerprint density at radius 3 is 1.74 bits per heavy atom. The Kier molecular flexibility index (Phi) is 6.39. The molecule has 0 amide bonds. The predicted molar refractivity (Wildman–Crippen MR) is 190 cm³/mol. The van der Waals surface area contributed by atoms with Crippen LogP contribution in [0.3, 0.4) is 0 Å². The lowest BCUT2D eigenvalue weighted by atomic mass is 9.96. The Hall–Kier alpha value is -6.46. The van der Waals surface area contributed by atoms with E-state index in [1.54, 1.807) is 0 Å². The third kappa shape index (κ3) is 4.82. The summed E-state index contributed by atoms with van der Waals surface area (Å²) in [5, 5.41) is 4.35. The van der Waals surface area contributed by atoms with Crippen LogP contribution >= 0.6 is 0 Å². The number of nitrogens with zero attached hydrogens (tertiary/aromatic N) is 4. The predicted octanol–water partition coefficient (Wildman–Crippen LogP) is 10.7. The summed E-state index contributed by atoms with van der Waals surface area (Å²) in [6, 6.07) is 53.5. The average molecular weight is 603 g/mol. The highest BCUT2D eigenvalue weighted by atomic mass is 16.3. The lowest BCUT2D eigenvalue weighted by Crippen LogP contribution is -2.00. The van der Waals surface area contributed by atoms with Gasteiger partial charge in [0, 0.05) is 27.6 Å². The molecule has 0 N–H and O–H groups in total. The molecule has 0 bridgehead atoms. The van der Waals surface area contributed by atoms with Crippen LogP contribution in [0.1, 0.15) is 0 Å². The first-order chi connectivity index (χ1) is 23.3. The van der Waals surface area contributed by atoms with Gasteiger partial charge in [0.1, 0.15) is 5.52 Å². The fraction of sp³-hybridized carbons (Fsp3) is 0. The van der Waals surface area contributed by atoms with Crippen LogP contribution in [0.15, 0.2) is 162 Å². The van der Waals surface area contributed by atoms with Crippen LogP contribution in [0, 0.1) is 0 Å². The van der Waals surface area contributed by atoms with Crippen molar-refractivity contribution in [2.75, 3.05) is 0 Å². The molecule has 220 valence electrons. The second-order valence-corrected chi connectivity index (χ2v) is 11.5. The highest BCUT2D eigenvalue weighted by Crippen LogP contribution is 2.38. The lowest BCUT2D eigenvalue weighted by Gasteiger charge is -2.12. The van der Waals surface area contributed by atoms with Gasteiger partial charge in [-0.1, -0.05) is 133 Å². The zero-order valence-electron chi connectivity index (χ0n) is 25.2. The van der Waals surface area contributed by atoms with Gasteiger partial charge in [0.15, 0.2) is 23.1 Å². The van der Waals surface area contributed by atoms with Crippen LogP contribution in [0.5, 0.6) is 0 Å². The van der Waals surface area contributed by atoms with E-state index in [4.69, 9.17) is 24.4 Å². The van der Waals surface area contributed by atoms with E-state index in [1.165, 1.54) is 0 Å². The molecule has 5 nitrogen and oxygen atoms in total. The van der Waals surface area contributed by atoms with Crippen molar-refractivity contribution in [2.45, 2.75) is 0 Å². The molecule has 9 aromatic rings. The fourth-order valence-electron chi connectivity index (χ4n) is 6.28. The van der Waals surface area contributed by atoms with Crippen molar-refractivity contribution in [1.29, 1.82) is 0 Å². The van der Waals surface area contributed by atoms with Gasteiger partial charge >= 0.3 is 0 Å². The minimum Gasteiger partial charge on any atom is -0.435 e. The van der Waals surface area contributed by atoms with Crippen LogP contribution in [0.25, 0.3) is 89.4 Å². The third-order valence-corrected chi connectivity index (χ3v) is 8.55. The molecule has 0 saturated heterocycles. The van der Waals surface area contributed by atoms with Crippen molar-refractivity contribution in [2.24, 2.45) is 0 Å². The molecule has 7 aromatic carbocycles. The van der Waals surface area contributed by atoms with Gasteiger partial charge in [-0.05, 0) is 51.6 Å². The molecule has 0 aliphatic heterocycles.